The fourth-order valence-electron chi connectivity index (χ4n) is 2.25. The minimum absolute atomic E-state index is 0.0807. The highest BCUT2D eigenvalue weighted by Crippen LogP contribution is 2.34. The lowest BCUT2D eigenvalue weighted by Crippen LogP contribution is -2.36. The van der Waals surface area contributed by atoms with E-state index in [2.05, 4.69) is 0 Å². The first kappa shape index (κ1) is 11.4. The van der Waals surface area contributed by atoms with Crippen molar-refractivity contribution in [1.29, 1.82) is 0 Å². The first-order valence-electron chi connectivity index (χ1n) is 5.69. The fourth-order valence-corrected chi connectivity index (χ4v) is 2.94. The molecule has 0 saturated heterocycles. The Morgan fingerprint density at radius 3 is 2.78 bits per heavy atom. The molecule has 0 amide bonds. The topological polar surface area (TPSA) is 43.4 Å². The molecule has 0 N–H and O–H groups in total. The summed E-state index contributed by atoms with van der Waals surface area (Å²) in [6, 6.07) is 11.4. The van der Waals surface area contributed by atoms with Crippen LogP contribution in [0.25, 0.3) is 10.8 Å². The largest absolute Gasteiger partial charge is 0.490 e. The van der Waals surface area contributed by atoms with Gasteiger partial charge in [-0.25, -0.2) is 0 Å². The molecule has 1 aliphatic rings. The van der Waals surface area contributed by atoms with Gasteiger partial charge in [0, 0.05) is 22.4 Å². The average molecular weight is 260 g/mol. The van der Waals surface area contributed by atoms with Gasteiger partial charge in [-0.15, -0.1) is 0 Å². The number of carbonyl (C=O) groups excluding carboxylic acids is 1. The molecule has 2 aromatic rings. The Hall–Kier alpha value is -1.68. The molecule has 0 bridgehead atoms. The second kappa shape index (κ2) is 4.21. The summed E-state index contributed by atoms with van der Waals surface area (Å²) in [7, 11) is -1.20. The molecule has 2 aromatic carbocycles. The summed E-state index contributed by atoms with van der Waals surface area (Å²) in [5.41, 5.74) is 0.542. The zero-order valence-corrected chi connectivity index (χ0v) is 10.7. The highest BCUT2D eigenvalue weighted by Gasteiger charge is 2.32. The molecule has 4 heteroatoms. The molecule has 0 fully saturated rings. The third-order valence-corrected chi connectivity index (χ3v) is 4.37. The van der Waals surface area contributed by atoms with Crippen molar-refractivity contribution >= 4 is 27.4 Å². The summed E-state index contributed by atoms with van der Waals surface area (Å²) in [6.07, 6.45) is 1.54. The number of hydrogen-bond acceptors (Lipinski definition) is 3. The van der Waals surface area contributed by atoms with Gasteiger partial charge in [0.2, 0.25) is 0 Å². The van der Waals surface area contributed by atoms with Crippen LogP contribution in [0, 0.1) is 0 Å². The molecule has 1 aliphatic heterocycles. The molecule has 0 spiro atoms. The van der Waals surface area contributed by atoms with Crippen molar-refractivity contribution in [2.24, 2.45) is 0 Å². The van der Waals surface area contributed by atoms with Crippen LogP contribution in [0.2, 0.25) is 0 Å². The summed E-state index contributed by atoms with van der Waals surface area (Å²) in [5, 5.41) is 1.43. The summed E-state index contributed by atoms with van der Waals surface area (Å²) in [6.45, 7) is 0.197. The average Bonchev–Trinajstić information content (AvgIpc) is 2.38. The van der Waals surface area contributed by atoms with Gasteiger partial charge in [-0.2, -0.15) is 0 Å². The van der Waals surface area contributed by atoms with E-state index in [1.165, 1.54) is 6.26 Å². The Morgan fingerprint density at radius 1 is 1.22 bits per heavy atom. The first-order chi connectivity index (χ1) is 8.68. The van der Waals surface area contributed by atoms with Gasteiger partial charge in [0.15, 0.2) is 5.78 Å². The molecule has 18 heavy (non-hydrogen) atoms. The highest BCUT2D eigenvalue weighted by atomic mass is 32.2. The minimum Gasteiger partial charge on any atom is -0.490 e. The molecule has 92 valence electrons. The van der Waals surface area contributed by atoms with Gasteiger partial charge in [0.05, 0.1) is 5.56 Å². The second-order valence-electron chi connectivity index (χ2n) is 4.33. The van der Waals surface area contributed by atoms with E-state index in [9.17, 15) is 9.00 Å². The number of benzene rings is 2. The van der Waals surface area contributed by atoms with Gasteiger partial charge in [-0.1, -0.05) is 30.3 Å². The lowest BCUT2D eigenvalue weighted by Gasteiger charge is -2.23. The zero-order valence-electron chi connectivity index (χ0n) is 9.88. The maximum Gasteiger partial charge on any atom is 0.185 e. The quantitative estimate of drug-likeness (QED) is 0.789. The van der Waals surface area contributed by atoms with E-state index >= 15 is 0 Å². The molecule has 0 aliphatic carbocycles. The summed E-state index contributed by atoms with van der Waals surface area (Å²) < 4.78 is 17.2. The van der Waals surface area contributed by atoms with Gasteiger partial charge < -0.3 is 4.74 Å². The SMILES string of the molecule is CS(=O)C1COc2c(ccc3ccccc23)C1=O. The second-order valence-corrected chi connectivity index (χ2v) is 5.89. The van der Waals surface area contributed by atoms with E-state index < -0.39 is 16.0 Å². The molecule has 2 atom stereocenters. The number of hydrogen-bond donors (Lipinski definition) is 0. The third kappa shape index (κ3) is 1.64. The number of ether oxygens (including phenoxy) is 1. The maximum atomic E-state index is 12.2. The van der Waals surface area contributed by atoms with Crippen LogP contribution in [0.4, 0.5) is 0 Å². The van der Waals surface area contributed by atoms with Crippen LogP contribution in [-0.4, -0.2) is 28.1 Å². The molecule has 0 saturated carbocycles. The number of Topliss-reactive ketones (excluding diaryl/α,β-unsaturated/α-hetero) is 1. The summed E-state index contributed by atoms with van der Waals surface area (Å²) >= 11 is 0. The van der Waals surface area contributed by atoms with Crippen molar-refractivity contribution in [2.75, 3.05) is 12.9 Å². The minimum atomic E-state index is -1.20. The Bertz CT molecular complexity index is 663. The van der Waals surface area contributed by atoms with Crippen molar-refractivity contribution in [2.45, 2.75) is 5.25 Å². The molecule has 3 rings (SSSR count). The summed E-state index contributed by atoms with van der Waals surface area (Å²) in [5.74, 6) is 0.544. The van der Waals surface area contributed by atoms with Crippen LogP contribution < -0.4 is 4.74 Å². The van der Waals surface area contributed by atoms with E-state index in [4.69, 9.17) is 4.74 Å². The first-order valence-corrected chi connectivity index (χ1v) is 7.31. The Morgan fingerprint density at radius 2 is 2.00 bits per heavy atom. The van der Waals surface area contributed by atoms with E-state index in [1.54, 1.807) is 6.07 Å². The fraction of sp³-hybridized carbons (Fsp3) is 0.214. The number of rotatable bonds is 1. The normalized spacial score (nSPS) is 20.3. The van der Waals surface area contributed by atoms with Crippen molar-refractivity contribution < 1.29 is 13.7 Å². The Kier molecular flexibility index (Phi) is 2.67. The van der Waals surface area contributed by atoms with Gasteiger partial charge in [-0.3, -0.25) is 9.00 Å². The lowest BCUT2D eigenvalue weighted by atomic mass is 9.99. The Balaban J connectivity index is 2.21. The van der Waals surface area contributed by atoms with Gasteiger partial charge in [-0.05, 0) is 11.5 Å². The monoisotopic (exact) mass is 260 g/mol. The molecule has 0 aromatic heterocycles. The van der Waals surface area contributed by atoms with Crippen LogP contribution in [0.3, 0.4) is 0 Å². The van der Waals surface area contributed by atoms with Crippen molar-refractivity contribution in [3.05, 3.63) is 42.0 Å². The predicted octanol–water partition coefficient (Wildman–Crippen LogP) is 2.16. The van der Waals surface area contributed by atoms with Crippen LogP contribution >= 0.6 is 0 Å². The lowest BCUT2D eigenvalue weighted by molar-refractivity contribution is 0.0942. The highest BCUT2D eigenvalue weighted by molar-refractivity contribution is 7.85. The molecule has 0 radical (unpaired) electrons. The van der Waals surface area contributed by atoms with E-state index in [-0.39, 0.29) is 12.4 Å². The van der Waals surface area contributed by atoms with Crippen LogP contribution in [-0.2, 0) is 10.8 Å². The molecular weight excluding hydrogens is 248 g/mol. The zero-order chi connectivity index (χ0) is 12.7. The van der Waals surface area contributed by atoms with Crippen LogP contribution in [0.5, 0.6) is 5.75 Å². The predicted molar refractivity (Wildman–Crippen MR) is 71.6 cm³/mol. The summed E-state index contributed by atoms with van der Waals surface area (Å²) in [4.78, 5) is 12.2. The molecular formula is C14H12O3S. The van der Waals surface area contributed by atoms with Crippen molar-refractivity contribution in [3.8, 4) is 5.75 Å². The number of ketones is 1. The van der Waals surface area contributed by atoms with Gasteiger partial charge >= 0.3 is 0 Å². The maximum absolute atomic E-state index is 12.2. The number of carbonyl (C=O) groups is 1. The van der Waals surface area contributed by atoms with Crippen LogP contribution in [0.15, 0.2) is 36.4 Å². The molecule has 2 unspecified atom stereocenters. The third-order valence-electron chi connectivity index (χ3n) is 3.22. The number of fused-ring (bicyclic) bond motifs is 3. The smallest absolute Gasteiger partial charge is 0.185 e. The molecule has 3 nitrogen and oxygen atoms in total. The Labute approximate surface area is 107 Å². The van der Waals surface area contributed by atoms with Crippen LogP contribution in [0.1, 0.15) is 10.4 Å². The van der Waals surface area contributed by atoms with E-state index in [1.807, 2.05) is 30.3 Å². The van der Waals surface area contributed by atoms with E-state index in [0.717, 1.165) is 10.8 Å². The van der Waals surface area contributed by atoms with Crippen molar-refractivity contribution in [3.63, 3.8) is 0 Å². The van der Waals surface area contributed by atoms with Crippen molar-refractivity contribution in [1.82, 2.24) is 0 Å². The van der Waals surface area contributed by atoms with E-state index in [0.29, 0.717) is 11.3 Å². The van der Waals surface area contributed by atoms with Gasteiger partial charge in [0.1, 0.15) is 17.6 Å². The standard InChI is InChI=1S/C14H12O3S/c1-18(16)12-8-17-14-10-5-3-2-4-9(10)6-7-11(14)13(12)15/h2-7,12H,8H2,1H3. The van der Waals surface area contributed by atoms with Gasteiger partial charge in [0.25, 0.3) is 0 Å². The molecule has 1 heterocycles.